The maximum Gasteiger partial charge on any atom is 0.293 e. The molecule has 2 amide bonds. The van der Waals surface area contributed by atoms with Crippen LogP contribution in [0.25, 0.3) is 0 Å². The largest absolute Gasteiger partial charge is 0.368 e. The van der Waals surface area contributed by atoms with Gasteiger partial charge in [0.15, 0.2) is 0 Å². The number of nitrogens with one attached hydrogen (secondary N) is 2. The summed E-state index contributed by atoms with van der Waals surface area (Å²) in [6, 6.07) is -0.740. The minimum atomic E-state index is -0.740. The molecule has 1 aromatic heterocycles. The number of nitrogens with zero attached hydrogens (tertiary/aromatic N) is 3. The predicted octanol–water partition coefficient (Wildman–Crippen LogP) is -1.56. The standard InChI is InChI=1S/C7H12N6O2/c1-3(2)4(5(8)14)9-7(15)6-10-12-13-11-6/h3-4H,1-2H3,(H2,8,14)(H,9,15)(H,10,11,12,13). The number of H-pyrrole nitrogens is 1. The van der Waals surface area contributed by atoms with Gasteiger partial charge in [-0.3, -0.25) is 9.59 Å². The van der Waals surface area contributed by atoms with E-state index in [1.165, 1.54) is 0 Å². The number of tetrazole rings is 1. The molecule has 1 unspecified atom stereocenters. The summed E-state index contributed by atoms with van der Waals surface area (Å²) in [7, 11) is 0. The summed E-state index contributed by atoms with van der Waals surface area (Å²) in [5, 5.41) is 14.7. The molecular weight excluding hydrogens is 200 g/mol. The molecular formula is C7H12N6O2. The first-order chi connectivity index (χ1) is 7.02. The van der Waals surface area contributed by atoms with E-state index in [0.717, 1.165) is 0 Å². The molecule has 8 heteroatoms. The van der Waals surface area contributed by atoms with Crippen molar-refractivity contribution < 1.29 is 9.59 Å². The summed E-state index contributed by atoms with van der Waals surface area (Å²) in [6.07, 6.45) is 0. The summed E-state index contributed by atoms with van der Waals surface area (Å²) >= 11 is 0. The van der Waals surface area contributed by atoms with Crippen LogP contribution in [0.5, 0.6) is 0 Å². The number of hydrogen-bond acceptors (Lipinski definition) is 5. The first kappa shape index (κ1) is 11.1. The smallest absolute Gasteiger partial charge is 0.293 e. The van der Waals surface area contributed by atoms with E-state index in [4.69, 9.17) is 5.73 Å². The van der Waals surface area contributed by atoms with Crippen LogP contribution in [0, 0.1) is 5.92 Å². The molecule has 0 radical (unpaired) electrons. The van der Waals surface area contributed by atoms with Gasteiger partial charge in [0.25, 0.3) is 11.7 Å². The summed E-state index contributed by atoms with van der Waals surface area (Å²) in [4.78, 5) is 22.4. The molecule has 0 aliphatic heterocycles. The number of amides is 2. The SMILES string of the molecule is CC(C)C(NC(=O)c1nn[nH]n1)C(N)=O. The topological polar surface area (TPSA) is 127 Å². The van der Waals surface area contributed by atoms with E-state index in [9.17, 15) is 9.59 Å². The van der Waals surface area contributed by atoms with E-state index >= 15 is 0 Å². The van der Waals surface area contributed by atoms with Gasteiger partial charge in [-0.1, -0.05) is 13.8 Å². The van der Waals surface area contributed by atoms with Crippen LogP contribution in [-0.2, 0) is 4.79 Å². The first-order valence-corrected chi connectivity index (χ1v) is 4.36. The minimum Gasteiger partial charge on any atom is -0.368 e. The lowest BCUT2D eigenvalue weighted by atomic mass is 10.0. The number of aromatic nitrogens is 4. The molecule has 1 rings (SSSR count). The lowest BCUT2D eigenvalue weighted by molar-refractivity contribution is -0.120. The van der Waals surface area contributed by atoms with Crippen LogP contribution in [0.15, 0.2) is 0 Å². The normalized spacial score (nSPS) is 12.5. The number of rotatable bonds is 4. The fourth-order valence-electron chi connectivity index (χ4n) is 1.03. The lowest BCUT2D eigenvalue weighted by Gasteiger charge is -2.17. The molecule has 0 aliphatic rings. The van der Waals surface area contributed by atoms with Crippen molar-refractivity contribution in [3.63, 3.8) is 0 Å². The lowest BCUT2D eigenvalue weighted by Crippen LogP contribution is -2.47. The van der Waals surface area contributed by atoms with E-state index in [1.807, 2.05) is 0 Å². The van der Waals surface area contributed by atoms with Crippen LogP contribution in [0.4, 0.5) is 0 Å². The third-order valence-electron chi connectivity index (χ3n) is 1.81. The predicted molar refractivity (Wildman–Crippen MR) is 49.5 cm³/mol. The van der Waals surface area contributed by atoms with Crippen LogP contribution in [0.1, 0.15) is 24.5 Å². The molecule has 15 heavy (non-hydrogen) atoms. The van der Waals surface area contributed by atoms with Crippen molar-refractivity contribution >= 4 is 11.8 Å². The molecule has 0 aromatic carbocycles. The van der Waals surface area contributed by atoms with Crippen molar-refractivity contribution in [2.75, 3.05) is 0 Å². The first-order valence-electron chi connectivity index (χ1n) is 4.36. The maximum atomic E-state index is 11.4. The average molecular weight is 212 g/mol. The Labute approximate surface area is 85.6 Å². The Morgan fingerprint density at radius 2 is 2.13 bits per heavy atom. The Bertz CT molecular complexity index is 346. The second-order valence-electron chi connectivity index (χ2n) is 3.33. The van der Waals surface area contributed by atoms with Gasteiger partial charge in [0.2, 0.25) is 5.91 Å². The van der Waals surface area contributed by atoms with Gasteiger partial charge in [-0.05, 0) is 11.1 Å². The Kier molecular flexibility index (Phi) is 3.32. The van der Waals surface area contributed by atoms with Crippen molar-refractivity contribution in [2.24, 2.45) is 11.7 Å². The summed E-state index contributed by atoms with van der Waals surface area (Å²) in [5.74, 6) is -1.40. The zero-order valence-electron chi connectivity index (χ0n) is 8.39. The van der Waals surface area contributed by atoms with Crippen LogP contribution in [0.2, 0.25) is 0 Å². The number of hydrogen-bond donors (Lipinski definition) is 3. The summed E-state index contributed by atoms with van der Waals surface area (Å²) < 4.78 is 0. The van der Waals surface area contributed by atoms with Gasteiger partial charge < -0.3 is 11.1 Å². The third-order valence-corrected chi connectivity index (χ3v) is 1.81. The van der Waals surface area contributed by atoms with Crippen LogP contribution >= 0.6 is 0 Å². The van der Waals surface area contributed by atoms with E-state index in [2.05, 4.69) is 25.9 Å². The summed E-state index contributed by atoms with van der Waals surface area (Å²) in [5.41, 5.74) is 5.12. The van der Waals surface area contributed by atoms with Crippen molar-refractivity contribution in [1.29, 1.82) is 0 Å². The van der Waals surface area contributed by atoms with Gasteiger partial charge >= 0.3 is 0 Å². The molecule has 1 atom stereocenters. The van der Waals surface area contributed by atoms with Gasteiger partial charge in [0.1, 0.15) is 6.04 Å². The second kappa shape index (κ2) is 4.49. The van der Waals surface area contributed by atoms with Crippen molar-refractivity contribution in [1.82, 2.24) is 25.9 Å². The molecule has 0 fully saturated rings. The molecule has 0 spiro atoms. The third kappa shape index (κ3) is 2.73. The van der Waals surface area contributed by atoms with E-state index in [0.29, 0.717) is 0 Å². The van der Waals surface area contributed by atoms with E-state index < -0.39 is 17.9 Å². The number of carbonyl (C=O) groups is 2. The molecule has 0 saturated carbocycles. The minimum absolute atomic E-state index is 0.0987. The molecule has 0 saturated heterocycles. The highest BCUT2D eigenvalue weighted by Crippen LogP contribution is 2.01. The highest BCUT2D eigenvalue weighted by atomic mass is 16.2. The highest BCUT2D eigenvalue weighted by molar-refractivity contribution is 5.94. The van der Waals surface area contributed by atoms with Crippen molar-refractivity contribution in [3.8, 4) is 0 Å². The zero-order chi connectivity index (χ0) is 11.4. The Balaban J connectivity index is 2.67. The van der Waals surface area contributed by atoms with Gasteiger partial charge in [0, 0.05) is 0 Å². The average Bonchev–Trinajstić information content (AvgIpc) is 2.65. The molecule has 0 aliphatic carbocycles. The maximum absolute atomic E-state index is 11.4. The number of aromatic amines is 1. The molecule has 1 aromatic rings. The number of carbonyl (C=O) groups excluding carboxylic acids is 2. The molecule has 8 nitrogen and oxygen atoms in total. The van der Waals surface area contributed by atoms with Crippen LogP contribution in [0.3, 0.4) is 0 Å². The molecule has 82 valence electrons. The van der Waals surface area contributed by atoms with Gasteiger partial charge in [0.05, 0.1) is 0 Å². The second-order valence-corrected chi connectivity index (χ2v) is 3.33. The highest BCUT2D eigenvalue weighted by Gasteiger charge is 2.23. The fourth-order valence-corrected chi connectivity index (χ4v) is 1.03. The molecule has 4 N–H and O–H groups in total. The van der Waals surface area contributed by atoms with Crippen LogP contribution < -0.4 is 11.1 Å². The Morgan fingerprint density at radius 1 is 1.47 bits per heavy atom. The number of primary amides is 1. The Morgan fingerprint density at radius 3 is 2.53 bits per heavy atom. The van der Waals surface area contributed by atoms with Crippen LogP contribution in [-0.4, -0.2) is 38.5 Å². The molecule has 1 heterocycles. The van der Waals surface area contributed by atoms with E-state index in [-0.39, 0.29) is 11.7 Å². The molecule has 0 bridgehead atoms. The Hall–Kier alpha value is -1.99. The van der Waals surface area contributed by atoms with Gasteiger partial charge in [-0.15, -0.1) is 10.2 Å². The van der Waals surface area contributed by atoms with E-state index in [1.54, 1.807) is 13.8 Å². The van der Waals surface area contributed by atoms with Gasteiger partial charge in [-0.2, -0.15) is 5.21 Å². The monoisotopic (exact) mass is 212 g/mol. The van der Waals surface area contributed by atoms with Crippen molar-refractivity contribution in [3.05, 3.63) is 5.82 Å². The van der Waals surface area contributed by atoms with Gasteiger partial charge in [-0.25, -0.2) is 0 Å². The zero-order valence-corrected chi connectivity index (χ0v) is 8.39. The summed E-state index contributed by atoms with van der Waals surface area (Å²) in [6.45, 7) is 3.54. The van der Waals surface area contributed by atoms with Crippen molar-refractivity contribution in [2.45, 2.75) is 19.9 Å². The number of nitrogens with two attached hydrogens (primary N) is 1. The fraction of sp³-hybridized carbons (Fsp3) is 0.571. The quantitative estimate of drug-likeness (QED) is 0.556.